The number of alkyl halides is 3. The van der Waals surface area contributed by atoms with Crippen LogP contribution in [0.15, 0.2) is 41.6 Å². The number of fused-ring (bicyclic) bond motifs is 1. The van der Waals surface area contributed by atoms with Gasteiger partial charge < -0.3 is 9.80 Å². The molecule has 3 aromatic rings. The molecule has 0 unspecified atom stereocenters. The third kappa shape index (κ3) is 4.91. The van der Waals surface area contributed by atoms with Crippen molar-refractivity contribution < 1.29 is 18.0 Å². The summed E-state index contributed by atoms with van der Waals surface area (Å²) >= 11 is 7.42. The summed E-state index contributed by atoms with van der Waals surface area (Å²) in [4.78, 5) is 29.0. The quantitative estimate of drug-likeness (QED) is 0.405. The maximum absolute atomic E-state index is 12.8. The number of hydrogen-bond acceptors (Lipinski definition) is 6. The van der Waals surface area contributed by atoms with Crippen LogP contribution in [0.3, 0.4) is 0 Å². The lowest BCUT2D eigenvalue weighted by atomic mass is 10.2. The smallest absolute Gasteiger partial charge is 0.352 e. The number of aryl methyl sites for hydroxylation is 1. The van der Waals surface area contributed by atoms with Crippen LogP contribution in [0.25, 0.3) is 10.9 Å². The van der Waals surface area contributed by atoms with Crippen LogP contribution in [0.1, 0.15) is 11.4 Å². The Morgan fingerprint density at radius 3 is 2.56 bits per heavy atom. The number of piperazine rings is 1. The minimum Gasteiger partial charge on any atom is -0.352 e. The minimum absolute atomic E-state index is 0.0264. The summed E-state index contributed by atoms with van der Waals surface area (Å²) in [6.45, 7) is 3.55. The fourth-order valence-corrected chi connectivity index (χ4v) is 4.73. The van der Waals surface area contributed by atoms with Crippen molar-refractivity contribution >= 4 is 46.0 Å². The summed E-state index contributed by atoms with van der Waals surface area (Å²) < 4.78 is 38.5. The van der Waals surface area contributed by atoms with Gasteiger partial charge in [-0.1, -0.05) is 41.6 Å². The third-order valence-electron chi connectivity index (χ3n) is 5.09. The van der Waals surface area contributed by atoms with Crippen molar-refractivity contribution in [3.05, 3.63) is 52.9 Å². The van der Waals surface area contributed by atoms with Crippen LogP contribution in [-0.4, -0.2) is 57.7 Å². The summed E-state index contributed by atoms with van der Waals surface area (Å²) in [5.41, 5.74) is -0.0472. The molecule has 0 atom stereocenters. The van der Waals surface area contributed by atoms with Gasteiger partial charge in [0.2, 0.25) is 5.91 Å². The van der Waals surface area contributed by atoms with E-state index in [1.807, 2.05) is 31.2 Å². The largest absolute Gasteiger partial charge is 0.417 e. The molecule has 1 saturated heterocycles. The van der Waals surface area contributed by atoms with Gasteiger partial charge in [-0.25, -0.2) is 15.0 Å². The maximum atomic E-state index is 12.8. The number of nitrogens with zero attached hydrogens (tertiary/aromatic N) is 5. The molecule has 1 aliphatic heterocycles. The molecule has 0 bridgehead atoms. The van der Waals surface area contributed by atoms with E-state index in [0.717, 1.165) is 28.2 Å². The number of carbonyl (C=O) groups is 1. The number of aromatic nitrogens is 3. The van der Waals surface area contributed by atoms with Gasteiger partial charge in [0.05, 0.1) is 21.9 Å². The monoisotopic (exact) mass is 481 g/mol. The Bertz CT molecular complexity index is 1150. The van der Waals surface area contributed by atoms with Crippen molar-refractivity contribution in [1.82, 2.24) is 19.9 Å². The lowest BCUT2D eigenvalue weighted by Gasteiger charge is -2.35. The highest BCUT2D eigenvalue weighted by atomic mass is 35.5. The van der Waals surface area contributed by atoms with Gasteiger partial charge in [0.25, 0.3) is 0 Å². The van der Waals surface area contributed by atoms with Crippen molar-refractivity contribution in [2.45, 2.75) is 18.1 Å². The maximum Gasteiger partial charge on any atom is 0.417 e. The van der Waals surface area contributed by atoms with Crippen molar-refractivity contribution in [3.8, 4) is 0 Å². The number of pyridine rings is 1. The normalized spacial score (nSPS) is 14.8. The van der Waals surface area contributed by atoms with Gasteiger partial charge in [-0.05, 0) is 19.1 Å². The van der Waals surface area contributed by atoms with E-state index in [1.54, 1.807) is 9.80 Å². The number of rotatable bonds is 4. The molecule has 1 amide bonds. The van der Waals surface area contributed by atoms with Gasteiger partial charge in [0, 0.05) is 37.8 Å². The first-order valence-electron chi connectivity index (χ1n) is 9.84. The fourth-order valence-electron chi connectivity index (χ4n) is 3.48. The number of thioether (sulfide) groups is 1. The molecule has 11 heteroatoms. The Morgan fingerprint density at radius 2 is 1.88 bits per heavy atom. The molecule has 1 aromatic carbocycles. The molecule has 32 heavy (non-hydrogen) atoms. The predicted octanol–water partition coefficient (Wildman–Crippen LogP) is 4.45. The van der Waals surface area contributed by atoms with Gasteiger partial charge in [-0.15, -0.1) is 0 Å². The van der Waals surface area contributed by atoms with Crippen LogP contribution in [0.2, 0.25) is 5.02 Å². The molecule has 6 nitrogen and oxygen atoms in total. The zero-order valence-electron chi connectivity index (χ0n) is 17.1. The Kier molecular flexibility index (Phi) is 6.43. The number of hydrogen-bond donors (Lipinski definition) is 0. The average Bonchev–Trinajstić information content (AvgIpc) is 2.76. The van der Waals surface area contributed by atoms with Crippen LogP contribution in [0, 0.1) is 6.92 Å². The first-order chi connectivity index (χ1) is 15.2. The highest BCUT2D eigenvalue weighted by Gasteiger charge is 2.32. The molecule has 2 aromatic heterocycles. The van der Waals surface area contributed by atoms with Crippen LogP contribution in [0.5, 0.6) is 0 Å². The number of benzene rings is 1. The molecule has 0 N–H and O–H groups in total. The van der Waals surface area contributed by atoms with E-state index in [9.17, 15) is 18.0 Å². The minimum atomic E-state index is -4.49. The van der Waals surface area contributed by atoms with E-state index < -0.39 is 11.7 Å². The van der Waals surface area contributed by atoms with Crippen molar-refractivity contribution in [2.24, 2.45) is 0 Å². The van der Waals surface area contributed by atoms with Crippen molar-refractivity contribution in [3.63, 3.8) is 0 Å². The van der Waals surface area contributed by atoms with Crippen LogP contribution >= 0.6 is 23.4 Å². The molecule has 3 heterocycles. The fraction of sp³-hybridized carbons (Fsp3) is 0.333. The summed E-state index contributed by atoms with van der Waals surface area (Å²) in [5.74, 6) is 1.15. The van der Waals surface area contributed by atoms with Gasteiger partial charge in [-0.3, -0.25) is 4.79 Å². The highest BCUT2D eigenvalue weighted by Crippen LogP contribution is 2.34. The number of carbonyl (C=O) groups excluding carboxylic acids is 1. The van der Waals surface area contributed by atoms with E-state index in [1.165, 1.54) is 11.8 Å². The Morgan fingerprint density at radius 1 is 1.16 bits per heavy atom. The molecule has 0 saturated carbocycles. The van der Waals surface area contributed by atoms with Crippen LogP contribution < -0.4 is 4.90 Å². The molecule has 0 aliphatic carbocycles. The molecule has 4 rings (SSSR count). The predicted molar refractivity (Wildman–Crippen MR) is 118 cm³/mol. The van der Waals surface area contributed by atoms with Gasteiger partial charge in [-0.2, -0.15) is 13.2 Å². The second kappa shape index (κ2) is 9.11. The first-order valence-corrected chi connectivity index (χ1v) is 11.2. The second-order valence-corrected chi connectivity index (χ2v) is 8.65. The lowest BCUT2D eigenvalue weighted by molar-refractivity contribution is -0.137. The average molecular weight is 482 g/mol. The number of para-hydroxylation sites is 1. The third-order valence-corrected chi connectivity index (χ3v) is 6.35. The summed E-state index contributed by atoms with van der Waals surface area (Å²) in [5, 5.41) is 1.62. The highest BCUT2D eigenvalue weighted by molar-refractivity contribution is 8.00. The second-order valence-electron chi connectivity index (χ2n) is 7.28. The van der Waals surface area contributed by atoms with Gasteiger partial charge in [0.15, 0.2) is 0 Å². The zero-order chi connectivity index (χ0) is 22.9. The van der Waals surface area contributed by atoms with Crippen LogP contribution in [-0.2, 0) is 11.0 Å². The molecule has 0 spiro atoms. The molecule has 1 aliphatic rings. The van der Waals surface area contributed by atoms with E-state index >= 15 is 0 Å². The van der Waals surface area contributed by atoms with Gasteiger partial charge >= 0.3 is 6.18 Å². The van der Waals surface area contributed by atoms with Gasteiger partial charge in [0.1, 0.15) is 16.7 Å². The SMILES string of the molecule is Cc1nc(SCC(=O)N2CCN(c3ncc(C(F)(F)F)cc3Cl)CC2)c2ccccc2n1. The van der Waals surface area contributed by atoms with Crippen molar-refractivity contribution in [1.29, 1.82) is 0 Å². The Hall–Kier alpha value is -2.59. The Labute approximate surface area is 191 Å². The molecular weight excluding hydrogens is 463 g/mol. The number of amides is 1. The molecule has 168 valence electrons. The number of anilines is 1. The molecule has 1 fully saturated rings. The molecular formula is C21H19ClF3N5OS. The van der Waals surface area contributed by atoms with E-state index in [0.29, 0.717) is 37.8 Å². The van der Waals surface area contributed by atoms with E-state index in [4.69, 9.17) is 11.6 Å². The standard InChI is InChI=1S/C21H19ClF3N5OS/c1-13-27-17-5-3-2-4-15(17)20(28-13)32-12-18(31)29-6-8-30(9-7-29)19-16(22)10-14(11-26-19)21(23,24)25/h2-5,10-11H,6-9,12H2,1H3. The topological polar surface area (TPSA) is 62.2 Å². The van der Waals surface area contributed by atoms with Crippen molar-refractivity contribution in [2.75, 3.05) is 36.8 Å². The summed E-state index contributed by atoms with van der Waals surface area (Å²) in [7, 11) is 0. The first kappa shape index (κ1) is 22.6. The zero-order valence-corrected chi connectivity index (χ0v) is 18.6. The Balaban J connectivity index is 1.36. The van der Waals surface area contributed by atoms with E-state index in [2.05, 4.69) is 15.0 Å². The van der Waals surface area contributed by atoms with E-state index in [-0.39, 0.29) is 16.7 Å². The summed E-state index contributed by atoms with van der Waals surface area (Å²) in [6.07, 6.45) is -3.71. The summed E-state index contributed by atoms with van der Waals surface area (Å²) in [6, 6.07) is 8.54. The molecule has 0 radical (unpaired) electrons. The number of halogens is 4. The lowest BCUT2D eigenvalue weighted by Crippen LogP contribution is -2.49. The van der Waals surface area contributed by atoms with Crippen LogP contribution in [0.4, 0.5) is 19.0 Å².